The first-order valence-electron chi connectivity index (χ1n) is 5.54. The van der Waals surface area contributed by atoms with Gasteiger partial charge in [0.2, 0.25) is 6.79 Å². The van der Waals surface area contributed by atoms with Crippen LogP contribution in [-0.4, -0.2) is 16.3 Å². The molecule has 90 valence electrons. The molecule has 0 saturated heterocycles. The lowest BCUT2D eigenvalue weighted by Gasteiger charge is -2.05. The fourth-order valence-corrected chi connectivity index (χ4v) is 2.06. The van der Waals surface area contributed by atoms with E-state index in [9.17, 15) is 0 Å². The normalized spacial score (nSPS) is 12.5. The number of aromatic nitrogens is 2. The molecular weight excluding hydrogens is 230 g/mol. The lowest BCUT2D eigenvalue weighted by Crippen LogP contribution is -1.95. The zero-order valence-corrected chi connectivity index (χ0v) is 10.1. The Labute approximate surface area is 104 Å². The monoisotopic (exact) mass is 241 g/mol. The number of nitrogens with zero attached hydrogens (tertiary/aromatic N) is 3. The largest absolute Gasteiger partial charge is 0.454 e. The molecule has 1 aliphatic heterocycles. The second-order valence-electron chi connectivity index (χ2n) is 4.10. The van der Waals surface area contributed by atoms with Crippen molar-refractivity contribution >= 4 is 0 Å². The van der Waals surface area contributed by atoms with E-state index >= 15 is 0 Å². The van der Waals surface area contributed by atoms with Gasteiger partial charge in [0.15, 0.2) is 17.2 Å². The number of nitriles is 1. The number of hydrogen-bond acceptors (Lipinski definition) is 4. The van der Waals surface area contributed by atoms with Gasteiger partial charge in [0.1, 0.15) is 11.9 Å². The number of imidazole rings is 1. The van der Waals surface area contributed by atoms with Crippen LogP contribution in [0.15, 0.2) is 18.2 Å². The van der Waals surface area contributed by atoms with Crippen molar-refractivity contribution in [1.29, 1.82) is 5.26 Å². The molecule has 0 spiro atoms. The van der Waals surface area contributed by atoms with Crippen molar-refractivity contribution in [2.45, 2.75) is 6.92 Å². The van der Waals surface area contributed by atoms with E-state index in [-0.39, 0.29) is 6.79 Å². The van der Waals surface area contributed by atoms with Gasteiger partial charge in [0.05, 0.1) is 5.69 Å². The van der Waals surface area contributed by atoms with Crippen LogP contribution in [0.4, 0.5) is 0 Å². The maximum absolute atomic E-state index is 9.13. The molecule has 0 bridgehead atoms. The summed E-state index contributed by atoms with van der Waals surface area (Å²) in [5, 5.41) is 9.13. The molecule has 0 N–H and O–H groups in total. The van der Waals surface area contributed by atoms with E-state index in [0.29, 0.717) is 11.4 Å². The first kappa shape index (κ1) is 10.7. The van der Waals surface area contributed by atoms with Crippen molar-refractivity contribution in [3.05, 3.63) is 29.7 Å². The van der Waals surface area contributed by atoms with Crippen molar-refractivity contribution < 1.29 is 9.47 Å². The fourth-order valence-electron chi connectivity index (χ4n) is 2.06. The minimum atomic E-state index is 0.244. The Bertz CT molecular complexity index is 668. The van der Waals surface area contributed by atoms with E-state index in [1.54, 1.807) is 0 Å². The summed E-state index contributed by atoms with van der Waals surface area (Å²) in [4.78, 5) is 4.23. The first-order chi connectivity index (χ1) is 8.70. The van der Waals surface area contributed by atoms with Crippen molar-refractivity contribution in [3.63, 3.8) is 0 Å². The molecule has 0 radical (unpaired) electrons. The van der Waals surface area contributed by atoms with Crippen molar-refractivity contribution in [1.82, 2.24) is 9.55 Å². The predicted molar refractivity (Wildman–Crippen MR) is 64.2 cm³/mol. The molecule has 0 saturated carbocycles. The number of fused-ring (bicyclic) bond motifs is 1. The van der Waals surface area contributed by atoms with E-state index in [2.05, 4.69) is 11.1 Å². The van der Waals surface area contributed by atoms with Crippen LogP contribution in [0, 0.1) is 18.3 Å². The third-order valence-electron chi connectivity index (χ3n) is 3.07. The highest BCUT2D eigenvalue weighted by molar-refractivity contribution is 5.69. The van der Waals surface area contributed by atoms with Crippen LogP contribution < -0.4 is 9.47 Å². The first-order valence-corrected chi connectivity index (χ1v) is 5.54. The summed E-state index contributed by atoms with van der Waals surface area (Å²) in [6.45, 7) is 2.12. The summed E-state index contributed by atoms with van der Waals surface area (Å²) in [5.74, 6) is 2.24. The van der Waals surface area contributed by atoms with E-state index in [0.717, 1.165) is 22.8 Å². The second kappa shape index (κ2) is 3.77. The zero-order valence-electron chi connectivity index (χ0n) is 10.1. The van der Waals surface area contributed by atoms with Crippen LogP contribution in [0.2, 0.25) is 0 Å². The summed E-state index contributed by atoms with van der Waals surface area (Å²) in [7, 11) is 1.89. The average molecular weight is 241 g/mol. The van der Waals surface area contributed by atoms with Gasteiger partial charge in [0.25, 0.3) is 0 Å². The van der Waals surface area contributed by atoms with Crippen molar-refractivity contribution in [3.8, 4) is 28.8 Å². The molecule has 1 aromatic carbocycles. The molecule has 0 atom stereocenters. The quantitative estimate of drug-likeness (QED) is 0.766. The molecule has 2 aromatic rings. The molecular formula is C13H11N3O2. The maximum atomic E-state index is 9.13. The summed E-state index contributed by atoms with van der Waals surface area (Å²) in [5.41, 5.74) is 2.13. The average Bonchev–Trinajstić information content (AvgIpc) is 2.94. The molecule has 0 amide bonds. The molecule has 2 heterocycles. The molecule has 0 unspecified atom stereocenters. The Kier molecular flexibility index (Phi) is 2.23. The Morgan fingerprint density at radius 1 is 1.33 bits per heavy atom. The lowest BCUT2D eigenvalue weighted by molar-refractivity contribution is 0.174. The van der Waals surface area contributed by atoms with Crippen LogP contribution in [-0.2, 0) is 7.05 Å². The Morgan fingerprint density at radius 3 is 2.89 bits per heavy atom. The van der Waals surface area contributed by atoms with Crippen LogP contribution in [0.5, 0.6) is 11.5 Å². The predicted octanol–water partition coefficient (Wildman–Crippen LogP) is 2.00. The fraction of sp³-hybridized carbons (Fsp3) is 0.231. The van der Waals surface area contributed by atoms with E-state index in [4.69, 9.17) is 14.7 Å². The van der Waals surface area contributed by atoms with Gasteiger partial charge in [-0.05, 0) is 25.1 Å². The van der Waals surface area contributed by atoms with Gasteiger partial charge in [0, 0.05) is 12.6 Å². The van der Waals surface area contributed by atoms with Gasteiger partial charge in [-0.25, -0.2) is 4.98 Å². The Morgan fingerprint density at radius 2 is 2.11 bits per heavy atom. The number of hydrogen-bond donors (Lipinski definition) is 0. The summed E-state index contributed by atoms with van der Waals surface area (Å²) < 4.78 is 12.5. The van der Waals surface area contributed by atoms with Crippen LogP contribution in [0.1, 0.15) is 11.5 Å². The molecule has 1 aromatic heterocycles. The van der Waals surface area contributed by atoms with E-state index in [1.807, 2.05) is 36.7 Å². The summed E-state index contributed by atoms with van der Waals surface area (Å²) >= 11 is 0. The van der Waals surface area contributed by atoms with Gasteiger partial charge < -0.3 is 14.0 Å². The van der Waals surface area contributed by atoms with Gasteiger partial charge in [-0.15, -0.1) is 0 Å². The highest BCUT2D eigenvalue weighted by Crippen LogP contribution is 2.36. The van der Waals surface area contributed by atoms with E-state index < -0.39 is 0 Å². The number of aryl methyl sites for hydroxylation is 1. The van der Waals surface area contributed by atoms with Gasteiger partial charge >= 0.3 is 0 Å². The molecule has 5 heteroatoms. The van der Waals surface area contributed by atoms with Gasteiger partial charge in [-0.3, -0.25) is 0 Å². The topological polar surface area (TPSA) is 60.1 Å². The molecule has 1 aliphatic rings. The minimum absolute atomic E-state index is 0.244. The van der Waals surface area contributed by atoms with Crippen LogP contribution >= 0.6 is 0 Å². The number of ether oxygens (including phenoxy) is 2. The molecule has 0 fully saturated rings. The van der Waals surface area contributed by atoms with Gasteiger partial charge in [-0.1, -0.05) is 0 Å². The SMILES string of the molecule is Cc1nc(C#N)c(-c2ccc3c(c2)OCO3)n1C. The third-order valence-corrected chi connectivity index (χ3v) is 3.07. The third kappa shape index (κ3) is 1.43. The highest BCUT2D eigenvalue weighted by Gasteiger charge is 2.18. The van der Waals surface area contributed by atoms with E-state index in [1.165, 1.54) is 0 Å². The van der Waals surface area contributed by atoms with Crippen LogP contribution in [0.3, 0.4) is 0 Å². The number of rotatable bonds is 1. The lowest BCUT2D eigenvalue weighted by atomic mass is 10.1. The maximum Gasteiger partial charge on any atom is 0.231 e. The van der Waals surface area contributed by atoms with Crippen molar-refractivity contribution in [2.24, 2.45) is 7.05 Å². The van der Waals surface area contributed by atoms with Crippen LogP contribution in [0.25, 0.3) is 11.3 Å². The molecule has 0 aliphatic carbocycles. The van der Waals surface area contributed by atoms with Gasteiger partial charge in [-0.2, -0.15) is 5.26 Å². The smallest absolute Gasteiger partial charge is 0.231 e. The Hall–Kier alpha value is -2.48. The standard InChI is InChI=1S/C13H11N3O2/c1-8-15-10(6-14)13(16(8)2)9-3-4-11-12(5-9)18-7-17-11/h3-5H,7H2,1-2H3. The zero-order chi connectivity index (χ0) is 12.7. The van der Waals surface area contributed by atoms with Crippen molar-refractivity contribution in [2.75, 3.05) is 6.79 Å². The minimum Gasteiger partial charge on any atom is -0.454 e. The number of benzene rings is 1. The molecule has 5 nitrogen and oxygen atoms in total. The summed E-state index contributed by atoms with van der Waals surface area (Å²) in [6.07, 6.45) is 0. The Balaban J connectivity index is 2.19. The molecule has 3 rings (SSSR count). The second-order valence-corrected chi connectivity index (χ2v) is 4.10. The summed E-state index contributed by atoms with van der Waals surface area (Å²) in [6, 6.07) is 7.75. The highest BCUT2D eigenvalue weighted by atomic mass is 16.7. The molecule has 18 heavy (non-hydrogen) atoms.